The van der Waals surface area contributed by atoms with Gasteiger partial charge in [0.25, 0.3) is 6.47 Å². The highest BCUT2D eigenvalue weighted by Crippen LogP contribution is 2.48. The van der Waals surface area contributed by atoms with Gasteiger partial charge in [0.05, 0.1) is 0 Å². The van der Waals surface area contributed by atoms with Crippen LogP contribution in [0.4, 0.5) is 0 Å². The minimum atomic E-state index is -0.0856. The quantitative estimate of drug-likeness (QED) is 0.465. The van der Waals surface area contributed by atoms with Crippen molar-refractivity contribution in [2.45, 2.75) is 32.8 Å². The van der Waals surface area contributed by atoms with Crippen LogP contribution >= 0.6 is 0 Å². The second-order valence-electron chi connectivity index (χ2n) is 3.97. The summed E-state index contributed by atoms with van der Waals surface area (Å²) >= 11 is 0. The summed E-state index contributed by atoms with van der Waals surface area (Å²) in [6, 6.07) is 0. The maximum atomic E-state index is 10.1. The van der Waals surface area contributed by atoms with Crippen molar-refractivity contribution in [2.24, 2.45) is 17.8 Å². The molecule has 0 N–H and O–H groups in total. The topological polar surface area (TPSA) is 26.3 Å². The van der Waals surface area contributed by atoms with E-state index in [0.29, 0.717) is 6.47 Å². The van der Waals surface area contributed by atoms with Gasteiger partial charge in [-0.05, 0) is 30.6 Å². The van der Waals surface area contributed by atoms with Crippen LogP contribution in [-0.4, -0.2) is 12.6 Å². The van der Waals surface area contributed by atoms with Gasteiger partial charge in [0.2, 0.25) is 0 Å². The highest BCUT2D eigenvalue weighted by atomic mass is 16.5. The van der Waals surface area contributed by atoms with Crippen molar-refractivity contribution >= 4 is 6.47 Å². The smallest absolute Gasteiger partial charge is 0.293 e. The third kappa shape index (κ3) is 2.58. The Morgan fingerprint density at radius 2 is 2.08 bits per heavy atom. The summed E-state index contributed by atoms with van der Waals surface area (Å²) in [5.41, 5.74) is 0. The fraction of sp³-hybridized carbons (Fsp3) is 0.727. The van der Waals surface area contributed by atoms with Gasteiger partial charge >= 0.3 is 0 Å². The molecule has 0 aromatic rings. The lowest BCUT2D eigenvalue weighted by molar-refractivity contribution is -0.131. The molecular formula is C11H18O2. The van der Waals surface area contributed by atoms with E-state index in [1.807, 2.05) is 0 Å². The van der Waals surface area contributed by atoms with Gasteiger partial charge in [-0.1, -0.05) is 26.5 Å². The van der Waals surface area contributed by atoms with E-state index in [1.54, 1.807) is 6.08 Å². The highest BCUT2D eigenvalue weighted by Gasteiger charge is 2.41. The molecule has 0 aromatic carbocycles. The first-order valence-electron chi connectivity index (χ1n) is 4.92. The second kappa shape index (κ2) is 4.45. The Kier molecular flexibility index (Phi) is 3.52. The molecule has 3 atom stereocenters. The molecule has 0 spiro atoms. The Hall–Kier alpha value is -0.790. The molecule has 0 bridgehead atoms. The van der Waals surface area contributed by atoms with Crippen LogP contribution in [0.1, 0.15) is 26.7 Å². The van der Waals surface area contributed by atoms with Crippen molar-refractivity contribution in [3.8, 4) is 0 Å². The molecule has 1 aliphatic rings. The first-order valence-corrected chi connectivity index (χ1v) is 4.92. The number of carbonyl (C=O) groups excluding carboxylic acids is 1. The molecule has 0 aliphatic heterocycles. The molecule has 13 heavy (non-hydrogen) atoms. The van der Waals surface area contributed by atoms with Gasteiger partial charge in [-0.3, -0.25) is 4.79 Å². The zero-order valence-electron chi connectivity index (χ0n) is 8.40. The average Bonchev–Trinajstić information content (AvgIpc) is 2.69. The SMILES string of the molecule is C=CC(CCC1C(C)C1C)OC=O. The minimum absolute atomic E-state index is 0.0856. The predicted molar refractivity (Wildman–Crippen MR) is 52.2 cm³/mol. The molecule has 0 amide bonds. The standard InChI is InChI=1S/C11H18O2/c1-4-10(13-7-12)5-6-11-8(2)9(11)3/h4,7-11H,1,5-6H2,2-3H3. The Labute approximate surface area is 80.0 Å². The number of hydrogen-bond acceptors (Lipinski definition) is 2. The molecule has 1 rings (SSSR count). The van der Waals surface area contributed by atoms with Crippen LogP contribution < -0.4 is 0 Å². The normalized spacial score (nSPS) is 33.5. The molecule has 2 nitrogen and oxygen atoms in total. The molecule has 1 saturated carbocycles. The van der Waals surface area contributed by atoms with Crippen LogP contribution in [0.2, 0.25) is 0 Å². The van der Waals surface area contributed by atoms with E-state index in [2.05, 4.69) is 20.4 Å². The fourth-order valence-electron chi connectivity index (χ4n) is 1.96. The maximum absolute atomic E-state index is 10.1. The molecule has 2 heteroatoms. The summed E-state index contributed by atoms with van der Waals surface area (Å²) in [6.07, 6.45) is 3.68. The van der Waals surface area contributed by atoms with E-state index in [1.165, 1.54) is 0 Å². The molecular weight excluding hydrogens is 164 g/mol. The van der Waals surface area contributed by atoms with Crippen molar-refractivity contribution in [3.63, 3.8) is 0 Å². The minimum Gasteiger partial charge on any atom is -0.460 e. The first kappa shape index (κ1) is 10.3. The van der Waals surface area contributed by atoms with E-state index in [-0.39, 0.29) is 6.10 Å². The van der Waals surface area contributed by atoms with Gasteiger partial charge in [-0.2, -0.15) is 0 Å². The van der Waals surface area contributed by atoms with Gasteiger partial charge < -0.3 is 4.74 Å². The lowest BCUT2D eigenvalue weighted by Gasteiger charge is -2.09. The monoisotopic (exact) mass is 182 g/mol. The van der Waals surface area contributed by atoms with Crippen LogP contribution in [-0.2, 0) is 9.53 Å². The van der Waals surface area contributed by atoms with E-state index < -0.39 is 0 Å². The Bertz CT molecular complexity index is 181. The van der Waals surface area contributed by atoms with Crippen LogP contribution in [0.15, 0.2) is 12.7 Å². The Morgan fingerprint density at radius 3 is 2.46 bits per heavy atom. The Morgan fingerprint density at radius 1 is 1.46 bits per heavy atom. The van der Waals surface area contributed by atoms with E-state index in [0.717, 1.165) is 30.6 Å². The average molecular weight is 182 g/mol. The van der Waals surface area contributed by atoms with Gasteiger partial charge in [0.15, 0.2) is 0 Å². The molecule has 1 aliphatic carbocycles. The van der Waals surface area contributed by atoms with Gasteiger partial charge in [-0.15, -0.1) is 0 Å². The molecule has 0 saturated heterocycles. The molecule has 0 heterocycles. The zero-order chi connectivity index (χ0) is 9.84. The third-order valence-electron chi connectivity index (χ3n) is 3.32. The highest BCUT2D eigenvalue weighted by molar-refractivity contribution is 5.37. The molecule has 0 aromatic heterocycles. The summed E-state index contributed by atoms with van der Waals surface area (Å²) in [6.45, 7) is 8.69. The molecule has 1 fully saturated rings. The van der Waals surface area contributed by atoms with E-state index >= 15 is 0 Å². The number of rotatable bonds is 6. The summed E-state index contributed by atoms with van der Waals surface area (Å²) in [5, 5.41) is 0. The number of ether oxygens (including phenoxy) is 1. The first-order chi connectivity index (χ1) is 6.20. The third-order valence-corrected chi connectivity index (χ3v) is 3.32. The predicted octanol–water partition coefficient (Wildman–Crippen LogP) is 2.40. The van der Waals surface area contributed by atoms with Gasteiger partial charge in [0, 0.05) is 0 Å². The van der Waals surface area contributed by atoms with Crippen molar-refractivity contribution < 1.29 is 9.53 Å². The van der Waals surface area contributed by atoms with Crippen molar-refractivity contribution in [2.75, 3.05) is 0 Å². The molecule has 74 valence electrons. The maximum Gasteiger partial charge on any atom is 0.293 e. The van der Waals surface area contributed by atoms with Crippen LogP contribution in [0.5, 0.6) is 0 Å². The molecule has 0 radical (unpaired) electrons. The number of carbonyl (C=O) groups is 1. The van der Waals surface area contributed by atoms with E-state index in [4.69, 9.17) is 4.74 Å². The Balaban J connectivity index is 2.17. The van der Waals surface area contributed by atoms with Crippen LogP contribution in [0, 0.1) is 17.8 Å². The second-order valence-corrected chi connectivity index (χ2v) is 3.97. The van der Waals surface area contributed by atoms with Crippen molar-refractivity contribution in [1.29, 1.82) is 0 Å². The lowest BCUT2D eigenvalue weighted by atomic mass is 10.1. The van der Waals surface area contributed by atoms with Crippen LogP contribution in [0.3, 0.4) is 0 Å². The summed E-state index contributed by atoms with van der Waals surface area (Å²) < 4.78 is 4.84. The van der Waals surface area contributed by atoms with Crippen molar-refractivity contribution in [3.05, 3.63) is 12.7 Å². The van der Waals surface area contributed by atoms with Crippen LogP contribution in [0.25, 0.3) is 0 Å². The summed E-state index contributed by atoms with van der Waals surface area (Å²) in [5.74, 6) is 2.53. The fourth-order valence-corrected chi connectivity index (χ4v) is 1.96. The summed E-state index contributed by atoms with van der Waals surface area (Å²) in [7, 11) is 0. The number of hydrogen-bond donors (Lipinski definition) is 0. The van der Waals surface area contributed by atoms with Gasteiger partial charge in [-0.25, -0.2) is 0 Å². The van der Waals surface area contributed by atoms with E-state index in [9.17, 15) is 4.79 Å². The zero-order valence-corrected chi connectivity index (χ0v) is 8.40. The van der Waals surface area contributed by atoms with Crippen molar-refractivity contribution in [1.82, 2.24) is 0 Å². The largest absolute Gasteiger partial charge is 0.460 e. The van der Waals surface area contributed by atoms with Gasteiger partial charge in [0.1, 0.15) is 6.10 Å². The molecule has 3 unspecified atom stereocenters. The summed E-state index contributed by atoms with van der Waals surface area (Å²) in [4.78, 5) is 10.1. The lowest BCUT2D eigenvalue weighted by Crippen LogP contribution is -2.08.